The Hall–Kier alpha value is -0.650. The lowest BCUT2D eigenvalue weighted by molar-refractivity contribution is 0.0955. The number of hydrogen-bond donors (Lipinski definition) is 0. The van der Waals surface area contributed by atoms with Crippen LogP contribution < -0.4 is 0 Å². The van der Waals surface area contributed by atoms with E-state index in [4.69, 9.17) is 0 Å². The molecule has 1 aliphatic carbocycles. The molecule has 0 aromatic carbocycles. The molecule has 3 rings (SSSR count). The molecule has 0 fully saturated rings. The first-order chi connectivity index (χ1) is 9.04. The van der Waals surface area contributed by atoms with Gasteiger partial charge >= 0.3 is 0 Å². The molecule has 0 spiro atoms. The van der Waals surface area contributed by atoms with Crippen molar-refractivity contribution in [3.8, 4) is 9.88 Å². The summed E-state index contributed by atoms with van der Waals surface area (Å²) in [5.41, 5.74) is 2.27. The number of hydrogen-bond acceptors (Lipinski definition) is 5. The zero-order valence-electron chi connectivity index (χ0n) is 11.1. The predicted molar refractivity (Wildman–Crippen MR) is 83.8 cm³/mol. The third kappa shape index (κ3) is 2.08. The smallest absolute Gasteiger partial charge is 0.165 e. The van der Waals surface area contributed by atoms with Gasteiger partial charge in [-0.3, -0.25) is 4.79 Å². The van der Waals surface area contributed by atoms with Crippen LogP contribution in [0.5, 0.6) is 0 Å². The van der Waals surface area contributed by atoms with E-state index in [0.29, 0.717) is 12.2 Å². The second-order valence-electron chi connectivity index (χ2n) is 5.32. The van der Waals surface area contributed by atoms with Crippen molar-refractivity contribution in [2.75, 3.05) is 6.26 Å². The van der Waals surface area contributed by atoms with Crippen LogP contribution in [0, 0.1) is 0 Å². The molecular formula is C14H15NOS3. The second-order valence-corrected chi connectivity index (χ2v) is 8.31. The third-order valence-electron chi connectivity index (χ3n) is 3.62. The van der Waals surface area contributed by atoms with Gasteiger partial charge in [-0.25, -0.2) is 4.98 Å². The third-order valence-corrected chi connectivity index (χ3v) is 6.86. The van der Waals surface area contributed by atoms with Crippen LogP contribution in [0.2, 0.25) is 0 Å². The Kier molecular flexibility index (Phi) is 3.31. The topological polar surface area (TPSA) is 30.0 Å². The van der Waals surface area contributed by atoms with Gasteiger partial charge in [0.15, 0.2) is 5.78 Å². The van der Waals surface area contributed by atoms with Crippen molar-refractivity contribution in [1.29, 1.82) is 0 Å². The zero-order valence-corrected chi connectivity index (χ0v) is 13.6. The first-order valence-corrected chi connectivity index (χ1v) is 9.11. The van der Waals surface area contributed by atoms with E-state index < -0.39 is 0 Å². The minimum absolute atomic E-state index is 0.0642. The average Bonchev–Trinajstić information content (AvgIpc) is 3.00. The molecule has 19 heavy (non-hydrogen) atoms. The molecule has 0 unspecified atom stereocenters. The summed E-state index contributed by atoms with van der Waals surface area (Å²) in [6.07, 6.45) is 5.48. The first kappa shape index (κ1) is 13.3. The quantitative estimate of drug-likeness (QED) is 0.743. The highest BCUT2D eigenvalue weighted by atomic mass is 32.2. The number of thioether (sulfide) groups is 1. The van der Waals surface area contributed by atoms with E-state index in [2.05, 4.69) is 18.8 Å². The minimum Gasteiger partial charge on any atom is -0.294 e. The molecule has 0 aliphatic heterocycles. The number of thiazole rings is 1. The molecular weight excluding hydrogens is 294 g/mol. The zero-order chi connectivity index (χ0) is 13.6. The summed E-state index contributed by atoms with van der Waals surface area (Å²) in [5, 5.41) is 3.04. The van der Waals surface area contributed by atoms with Crippen molar-refractivity contribution in [2.24, 2.45) is 0 Å². The van der Waals surface area contributed by atoms with Gasteiger partial charge in [-0.1, -0.05) is 13.8 Å². The Morgan fingerprint density at radius 2 is 2.21 bits per heavy atom. The first-order valence-electron chi connectivity index (χ1n) is 6.19. The summed E-state index contributed by atoms with van der Waals surface area (Å²) in [4.78, 5) is 18.0. The molecule has 0 amide bonds. The molecule has 5 heteroatoms. The van der Waals surface area contributed by atoms with Crippen LogP contribution in [0.3, 0.4) is 0 Å². The maximum atomic E-state index is 12.3. The van der Waals surface area contributed by atoms with Crippen molar-refractivity contribution < 1.29 is 4.79 Å². The van der Waals surface area contributed by atoms with Crippen molar-refractivity contribution in [3.05, 3.63) is 22.7 Å². The molecule has 0 N–H and O–H groups in total. The molecule has 0 atom stereocenters. The Labute approximate surface area is 125 Å². The molecule has 100 valence electrons. The molecule has 2 nitrogen and oxygen atoms in total. The number of aromatic nitrogens is 1. The summed E-state index contributed by atoms with van der Waals surface area (Å²) < 4.78 is 1.15. The van der Waals surface area contributed by atoms with E-state index in [-0.39, 0.29) is 5.41 Å². The van der Waals surface area contributed by atoms with Crippen LogP contribution >= 0.6 is 34.4 Å². The Morgan fingerprint density at radius 3 is 2.84 bits per heavy atom. The summed E-state index contributed by atoms with van der Waals surface area (Å²) in [7, 11) is 0. The number of carbonyl (C=O) groups excluding carboxylic acids is 1. The standard InChI is InChI=1S/C14H15NOS3/c1-14(2)5-4-8(16)9-10(14)11(19-13(9)17-3)12-15-6-7-18-12/h6-7H,4-5H2,1-3H3. The number of carbonyl (C=O) groups is 1. The number of nitrogens with zero attached hydrogens (tertiary/aromatic N) is 1. The number of ketones is 1. The van der Waals surface area contributed by atoms with Crippen LogP contribution in [-0.2, 0) is 5.41 Å². The minimum atomic E-state index is 0.0642. The van der Waals surface area contributed by atoms with E-state index in [1.54, 1.807) is 34.4 Å². The molecule has 0 radical (unpaired) electrons. The van der Waals surface area contributed by atoms with Crippen LogP contribution in [-0.4, -0.2) is 17.0 Å². The van der Waals surface area contributed by atoms with Crippen molar-refractivity contribution in [1.82, 2.24) is 4.98 Å². The SMILES string of the molecule is CSc1sc(-c2nccs2)c2c1C(=O)CCC2(C)C. The highest BCUT2D eigenvalue weighted by Crippen LogP contribution is 2.50. The normalized spacial score (nSPS) is 17.5. The van der Waals surface area contributed by atoms with Crippen LogP contribution in [0.1, 0.15) is 42.6 Å². The fourth-order valence-electron chi connectivity index (χ4n) is 2.62. The van der Waals surface area contributed by atoms with Gasteiger partial charge in [-0.15, -0.1) is 34.4 Å². The van der Waals surface area contributed by atoms with Crippen LogP contribution in [0.15, 0.2) is 15.8 Å². The van der Waals surface area contributed by atoms with Gasteiger partial charge in [0.25, 0.3) is 0 Å². The van der Waals surface area contributed by atoms with Gasteiger partial charge in [0.2, 0.25) is 0 Å². The molecule has 2 aromatic rings. The van der Waals surface area contributed by atoms with Gasteiger partial charge in [0.05, 0.1) is 9.09 Å². The monoisotopic (exact) mass is 309 g/mol. The lowest BCUT2D eigenvalue weighted by Crippen LogP contribution is -2.26. The summed E-state index contributed by atoms with van der Waals surface area (Å²) >= 11 is 5.06. The number of rotatable bonds is 2. The van der Waals surface area contributed by atoms with Gasteiger partial charge in [0, 0.05) is 23.6 Å². The van der Waals surface area contributed by atoms with Crippen molar-refractivity contribution in [3.63, 3.8) is 0 Å². The highest BCUT2D eigenvalue weighted by Gasteiger charge is 2.38. The molecule has 0 saturated carbocycles. The van der Waals surface area contributed by atoms with Gasteiger partial charge in [-0.05, 0) is 23.7 Å². The largest absolute Gasteiger partial charge is 0.294 e. The molecule has 1 aliphatic rings. The summed E-state index contributed by atoms with van der Waals surface area (Å²) in [6.45, 7) is 4.48. The lowest BCUT2D eigenvalue weighted by atomic mass is 9.73. The molecule has 0 bridgehead atoms. The average molecular weight is 309 g/mol. The molecule has 2 aromatic heterocycles. The number of thiophene rings is 1. The maximum absolute atomic E-state index is 12.3. The summed E-state index contributed by atoms with van der Waals surface area (Å²) in [5.74, 6) is 0.303. The van der Waals surface area contributed by atoms with E-state index >= 15 is 0 Å². The van der Waals surface area contributed by atoms with E-state index in [0.717, 1.165) is 21.2 Å². The van der Waals surface area contributed by atoms with Crippen molar-refractivity contribution in [2.45, 2.75) is 36.3 Å². The molecule has 2 heterocycles. The van der Waals surface area contributed by atoms with Crippen molar-refractivity contribution >= 4 is 40.2 Å². The second kappa shape index (κ2) is 4.72. The van der Waals surface area contributed by atoms with Crippen LogP contribution in [0.25, 0.3) is 9.88 Å². The van der Waals surface area contributed by atoms with E-state index in [1.807, 2.05) is 17.8 Å². The fraction of sp³-hybridized carbons (Fsp3) is 0.429. The summed E-state index contributed by atoms with van der Waals surface area (Å²) in [6, 6.07) is 0. The Morgan fingerprint density at radius 1 is 1.42 bits per heavy atom. The highest BCUT2D eigenvalue weighted by molar-refractivity contribution is 8.00. The maximum Gasteiger partial charge on any atom is 0.165 e. The number of fused-ring (bicyclic) bond motifs is 1. The molecule has 0 saturated heterocycles. The van der Waals surface area contributed by atoms with Crippen LogP contribution in [0.4, 0.5) is 0 Å². The lowest BCUT2D eigenvalue weighted by Gasteiger charge is -2.30. The Balaban J connectivity index is 2.31. The van der Waals surface area contributed by atoms with E-state index in [9.17, 15) is 4.79 Å². The van der Waals surface area contributed by atoms with Gasteiger partial charge < -0.3 is 0 Å². The van der Waals surface area contributed by atoms with Gasteiger partial charge in [0.1, 0.15) is 5.01 Å². The predicted octanol–water partition coefficient (Wildman–Crippen LogP) is 4.85. The Bertz CT molecular complexity index is 625. The number of Topliss-reactive ketones (excluding diaryl/α,β-unsaturated/α-hetero) is 1. The fourth-order valence-corrected chi connectivity index (χ4v) is 5.59. The van der Waals surface area contributed by atoms with Gasteiger partial charge in [-0.2, -0.15) is 0 Å². The van der Waals surface area contributed by atoms with E-state index in [1.165, 1.54) is 10.4 Å².